The predicted octanol–water partition coefficient (Wildman–Crippen LogP) is 2.89. The maximum Gasteiger partial charge on any atom is 0.546 e. The van der Waals surface area contributed by atoms with Gasteiger partial charge in [0.05, 0.1) is 5.56 Å². The Hall–Kier alpha value is -1.83. The van der Waals surface area contributed by atoms with E-state index in [0.29, 0.717) is 11.1 Å². The van der Waals surface area contributed by atoms with Gasteiger partial charge < -0.3 is 0 Å². The second kappa shape index (κ2) is 5.43. The molecule has 1 N–H and O–H groups in total. The van der Waals surface area contributed by atoms with Crippen molar-refractivity contribution in [3.8, 4) is 0 Å². The first-order chi connectivity index (χ1) is 9.02. The van der Waals surface area contributed by atoms with E-state index in [0.717, 1.165) is 11.1 Å². The Kier molecular flexibility index (Phi) is 3.89. The first-order valence-electron chi connectivity index (χ1n) is 5.88. The molecule has 1 atom stereocenters. The lowest BCUT2D eigenvalue weighted by Gasteiger charge is -2.08. The summed E-state index contributed by atoms with van der Waals surface area (Å²) in [5.74, 6) is -0.205. The van der Waals surface area contributed by atoms with Crippen molar-refractivity contribution in [2.45, 2.75) is 13.8 Å². The van der Waals surface area contributed by atoms with Crippen LogP contribution in [0.5, 0.6) is 0 Å². The molecule has 0 fully saturated rings. The van der Waals surface area contributed by atoms with Crippen molar-refractivity contribution < 1.29 is 14.3 Å². The van der Waals surface area contributed by atoms with Gasteiger partial charge in [-0.15, -0.1) is 0 Å². The van der Waals surface area contributed by atoms with E-state index < -0.39 is 8.03 Å². The molecule has 0 spiro atoms. The Balaban J connectivity index is 2.60. The van der Waals surface area contributed by atoms with Gasteiger partial charge in [0.15, 0.2) is 5.78 Å². The Bertz CT molecular complexity index is 642. The molecule has 1 unspecified atom stereocenters. The van der Waals surface area contributed by atoms with E-state index in [1.807, 2.05) is 32.0 Å². The molecule has 0 radical (unpaired) electrons. The Morgan fingerprint density at radius 2 is 1.58 bits per heavy atom. The van der Waals surface area contributed by atoms with Gasteiger partial charge in [0.2, 0.25) is 5.30 Å². The van der Waals surface area contributed by atoms with E-state index in [9.17, 15) is 14.3 Å². The summed E-state index contributed by atoms with van der Waals surface area (Å²) in [5.41, 5.74) is 2.64. The zero-order chi connectivity index (χ0) is 14.0. The molecular formula is C15H14O3P+. The number of hydrogen-bond donors (Lipinski definition) is 1. The van der Waals surface area contributed by atoms with Crippen molar-refractivity contribution in [1.82, 2.24) is 0 Å². The van der Waals surface area contributed by atoms with Gasteiger partial charge >= 0.3 is 8.03 Å². The second-order valence-electron chi connectivity index (χ2n) is 4.39. The summed E-state index contributed by atoms with van der Waals surface area (Å²) in [6.07, 6.45) is 0. The minimum absolute atomic E-state index is 0.185. The van der Waals surface area contributed by atoms with E-state index in [2.05, 4.69) is 0 Å². The van der Waals surface area contributed by atoms with Gasteiger partial charge in [-0.3, -0.25) is 4.79 Å². The highest BCUT2D eigenvalue weighted by atomic mass is 31.1. The Morgan fingerprint density at radius 3 is 2.16 bits per heavy atom. The normalized spacial score (nSPS) is 11.2. The summed E-state index contributed by atoms with van der Waals surface area (Å²) in [4.78, 5) is 21.9. The van der Waals surface area contributed by atoms with E-state index in [1.54, 1.807) is 18.2 Å². The lowest BCUT2D eigenvalue weighted by Crippen LogP contribution is -2.15. The maximum atomic E-state index is 12.6. The summed E-state index contributed by atoms with van der Waals surface area (Å²) in [5, 5.41) is 0.185. The van der Waals surface area contributed by atoms with Crippen LogP contribution in [-0.2, 0) is 4.57 Å². The van der Waals surface area contributed by atoms with E-state index in [1.165, 1.54) is 6.07 Å². The number of rotatable bonds is 3. The molecular weight excluding hydrogens is 259 g/mol. The number of benzene rings is 2. The molecule has 4 heteroatoms. The fourth-order valence-electron chi connectivity index (χ4n) is 2.14. The molecule has 0 bridgehead atoms. The minimum Gasteiger partial charge on any atom is -0.288 e. The highest BCUT2D eigenvalue weighted by Crippen LogP contribution is 2.22. The van der Waals surface area contributed by atoms with Gasteiger partial charge in [-0.2, -0.15) is 4.89 Å². The van der Waals surface area contributed by atoms with E-state index in [-0.39, 0.29) is 11.1 Å². The van der Waals surface area contributed by atoms with Crippen LogP contribution in [0.1, 0.15) is 27.0 Å². The molecule has 96 valence electrons. The summed E-state index contributed by atoms with van der Waals surface area (Å²) in [6, 6.07) is 12.1. The van der Waals surface area contributed by atoms with Crippen molar-refractivity contribution >= 4 is 19.1 Å². The van der Waals surface area contributed by atoms with Crippen LogP contribution >= 0.6 is 8.03 Å². The predicted molar refractivity (Wildman–Crippen MR) is 75.2 cm³/mol. The number of hydrogen-bond acceptors (Lipinski definition) is 2. The van der Waals surface area contributed by atoms with E-state index >= 15 is 0 Å². The lowest BCUT2D eigenvalue weighted by atomic mass is 9.95. The Morgan fingerprint density at radius 1 is 1.00 bits per heavy atom. The molecule has 2 aromatic rings. The van der Waals surface area contributed by atoms with Crippen LogP contribution in [0.3, 0.4) is 0 Å². The fraction of sp³-hybridized carbons (Fsp3) is 0.133. The highest BCUT2D eigenvalue weighted by Gasteiger charge is 2.27. The SMILES string of the molecule is Cc1cccc(C)c1C(=O)c1ccccc1[P+](=O)O. The third-order valence-electron chi connectivity index (χ3n) is 3.06. The third-order valence-corrected chi connectivity index (χ3v) is 3.87. The van der Waals surface area contributed by atoms with E-state index in [4.69, 9.17) is 0 Å². The topological polar surface area (TPSA) is 54.4 Å². The molecule has 0 aliphatic carbocycles. The summed E-state index contributed by atoms with van der Waals surface area (Å²) >= 11 is 0. The highest BCUT2D eigenvalue weighted by molar-refractivity contribution is 7.47. The smallest absolute Gasteiger partial charge is 0.288 e. The van der Waals surface area contributed by atoms with Crippen LogP contribution < -0.4 is 5.30 Å². The summed E-state index contributed by atoms with van der Waals surface area (Å²) in [7, 11) is -2.53. The van der Waals surface area contributed by atoms with Crippen molar-refractivity contribution in [2.24, 2.45) is 0 Å². The van der Waals surface area contributed by atoms with Gasteiger partial charge in [0, 0.05) is 5.56 Å². The van der Waals surface area contributed by atoms with Gasteiger partial charge in [-0.1, -0.05) is 30.3 Å². The first-order valence-corrected chi connectivity index (χ1v) is 7.09. The number of carbonyl (C=O) groups is 1. The second-order valence-corrected chi connectivity index (χ2v) is 5.41. The summed E-state index contributed by atoms with van der Waals surface area (Å²) < 4.78 is 11.3. The minimum atomic E-state index is -2.53. The van der Waals surface area contributed by atoms with Crippen LogP contribution in [-0.4, -0.2) is 10.7 Å². The molecule has 0 amide bonds. The molecule has 0 aliphatic rings. The standard InChI is InChI=1S/C15H13O3P/c1-10-6-5-7-11(2)14(10)15(16)12-8-3-4-9-13(12)19(17)18/h3-9H,1-2H3/p+1. The number of carbonyl (C=O) groups excluding carboxylic acids is 1. The molecule has 19 heavy (non-hydrogen) atoms. The first kappa shape index (κ1) is 13.6. The van der Waals surface area contributed by atoms with Crippen LogP contribution in [0.2, 0.25) is 0 Å². The quantitative estimate of drug-likeness (QED) is 0.691. The van der Waals surface area contributed by atoms with Gasteiger partial charge in [0.25, 0.3) is 0 Å². The molecule has 0 aromatic heterocycles. The van der Waals surface area contributed by atoms with Crippen LogP contribution in [0.15, 0.2) is 42.5 Å². The van der Waals surface area contributed by atoms with Crippen molar-refractivity contribution in [3.63, 3.8) is 0 Å². The molecule has 0 saturated heterocycles. The van der Waals surface area contributed by atoms with Crippen molar-refractivity contribution in [1.29, 1.82) is 0 Å². The maximum absolute atomic E-state index is 12.6. The van der Waals surface area contributed by atoms with Gasteiger partial charge in [-0.25, -0.2) is 0 Å². The molecule has 2 rings (SSSR count). The zero-order valence-corrected chi connectivity index (χ0v) is 11.6. The zero-order valence-electron chi connectivity index (χ0n) is 10.8. The average Bonchev–Trinajstić information content (AvgIpc) is 2.38. The number of aryl methyl sites for hydroxylation is 2. The molecule has 0 heterocycles. The number of ketones is 1. The fourth-order valence-corrected chi connectivity index (χ4v) is 2.74. The largest absolute Gasteiger partial charge is 0.546 e. The van der Waals surface area contributed by atoms with Crippen molar-refractivity contribution in [2.75, 3.05) is 0 Å². The van der Waals surface area contributed by atoms with Crippen molar-refractivity contribution in [3.05, 3.63) is 64.7 Å². The lowest BCUT2D eigenvalue weighted by molar-refractivity contribution is 0.103. The molecule has 0 saturated carbocycles. The molecule has 2 aromatic carbocycles. The van der Waals surface area contributed by atoms with Crippen LogP contribution in [0.4, 0.5) is 0 Å². The van der Waals surface area contributed by atoms with Gasteiger partial charge in [-0.05, 0) is 41.7 Å². The average molecular weight is 273 g/mol. The monoisotopic (exact) mass is 273 g/mol. The molecule has 0 aliphatic heterocycles. The third kappa shape index (κ3) is 2.62. The Labute approximate surface area is 112 Å². The molecule has 3 nitrogen and oxygen atoms in total. The van der Waals surface area contributed by atoms with Crippen LogP contribution in [0, 0.1) is 13.8 Å². The van der Waals surface area contributed by atoms with Crippen LogP contribution in [0.25, 0.3) is 0 Å². The summed E-state index contributed by atoms with van der Waals surface area (Å²) in [6.45, 7) is 3.73. The van der Waals surface area contributed by atoms with Gasteiger partial charge in [0.1, 0.15) is 0 Å².